The number of oxazole rings is 1. The van der Waals surface area contributed by atoms with Crippen molar-refractivity contribution in [1.29, 1.82) is 0 Å². The van der Waals surface area contributed by atoms with Gasteiger partial charge in [-0.25, -0.2) is 9.67 Å². The van der Waals surface area contributed by atoms with Crippen molar-refractivity contribution in [3.05, 3.63) is 54.2 Å². The van der Waals surface area contributed by atoms with Crippen molar-refractivity contribution >= 4 is 11.7 Å². The number of hydrogen-bond donors (Lipinski definition) is 1. The second kappa shape index (κ2) is 7.78. The fourth-order valence-electron chi connectivity index (χ4n) is 3.67. The average Bonchev–Trinajstić information content (AvgIpc) is 3.29. The molecule has 1 aliphatic carbocycles. The number of amides is 1. The number of benzene rings is 1. The smallest absolute Gasteiger partial charge is 0.234 e. The summed E-state index contributed by atoms with van der Waals surface area (Å²) in [5.41, 5.74) is 1.86. The van der Waals surface area contributed by atoms with Crippen LogP contribution in [0.15, 0.2) is 47.0 Å². The van der Waals surface area contributed by atoms with Crippen LogP contribution in [-0.2, 0) is 11.2 Å². The highest BCUT2D eigenvalue weighted by Gasteiger charge is 2.21. The van der Waals surface area contributed by atoms with Crippen LogP contribution in [0.4, 0.5) is 5.82 Å². The minimum Gasteiger partial charge on any atom is -0.440 e. The molecular formula is C21H24N4O2. The second-order valence-electron chi connectivity index (χ2n) is 7.12. The minimum absolute atomic E-state index is 0.0989. The first-order chi connectivity index (χ1) is 13.2. The maximum atomic E-state index is 12.5. The van der Waals surface area contributed by atoms with Gasteiger partial charge in [0.1, 0.15) is 12.2 Å². The maximum absolute atomic E-state index is 12.5. The molecule has 2 heterocycles. The first kappa shape index (κ1) is 17.5. The molecular weight excluding hydrogens is 340 g/mol. The molecule has 6 heteroatoms. The van der Waals surface area contributed by atoms with E-state index in [4.69, 9.17) is 4.42 Å². The fourth-order valence-corrected chi connectivity index (χ4v) is 3.67. The monoisotopic (exact) mass is 364 g/mol. The van der Waals surface area contributed by atoms with Crippen LogP contribution in [0.3, 0.4) is 0 Å². The van der Waals surface area contributed by atoms with Crippen molar-refractivity contribution in [2.75, 3.05) is 5.32 Å². The Morgan fingerprint density at radius 2 is 2.00 bits per heavy atom. The summed E-state index contributed by atoms with van der Waals surface area (Å²) in [5.74, 6) is 1.70. The summed E-state index contributed by atoms with van der Waals surface area (Å²) >= 11 is 0. The van der Waals surface area contributed by atoms with Crippen LogP contribution in [0.25, 0.3) is 11.3 Å². The zero-order valence-corrected chi connectivity index (χ0v) is 15.5. The molecule has 1 aromatic carbocycles. The van der Waals surface area contributed by atoms with E-state index in [0.29, 0.717) is 17.7 Å². The average molecular weight is 364 g/mol. The van der Waals surface area contributed by atoms with Gasteiger partial charge in [0.05, 0.1) is 17.9 Å². The number of rotatable bonds is 5. The van der Waals surface area contributed by atoms with Gasteiger partial charge in [-0.2, -0.15) is 5.10 Å². The lowest BCUT2D eigenvalue weighted by Crippen LogP contribution is -2.21. The third-order valence-electron chi connectivity index (χ3n) is 4.97. The lowest BCUT2D eigenvalue weighted by Gasteiger charge is -2.23. The van der Waals surface area contributed by atoms with Gasteiger partial charge in [-0.05, 0) is 19.8 Å². The number of hydrogen-bond acceptors (Lipinski definition) is 4. The molecule has 0 radical (unpaired) electrons. The Hall–Kier alpha value is -2.89. The number of aromatic nitrogens is 3. The van der Waals surface area contributed by atoms with E-state index in [1.54, 1.807) is 6.20 Å². The Labute approximate surface area is 158 Å². The van der Waals surface area contributed by atoms with Crippen molar-refractivity contribution in [3.8, 4) is 11.3 Å². The zero-order valence-electron chi connectivity index (χ0n) is 15.5. The van der Waals surface area contributed by atoms with E-state index in [-0.39, 0.29) is 12.3 Å². The molecule has 1 amide bonds. The molecule has 1 fully saturated rings. The SMILES string of the molecule is Cc1cc(NC(=O)Cc2ncc(-c3ccccc3)o2)n(C2CCCCC2)n1. The molecule has 6 nitrogen and oxygen atoms in total. The summed E-state index contributed by atoms with van der Waals surface area (Å²) in [6.45, 7) is 1.95. The van der Waals surface area contributed by atoms with Gasteiger partial charge in [-0.1, -0.05) is 49.6 Å². The molecule has 0 aliphatic heterocycles. The molecule has 0 spiro atoms. The van der Waals surface area contributed by atoms with Crippen LogP contribution in [0.5, 0.6) is 0 Å². The lowest BCUT2D eigenvalue weighted by atomic mass is 9.96. The van der Waals surface area contributed by atoms with E-state index < -0.39 is 0 Å². The predicted octanol–water partition coefficient (Wildman–Crippen LogP) is 4.53. The van der Waals surface area contributed by atoms with Gasteiger partial charge >= 0.3 is 0 Å². The van der Waals surface area contributed by atoms with E-state index in [1.807, 2.05) is 48.0 Å². The quantitative estimate of drug-likeness (QED) is 0.722. The molecule has 1 aliphatic rings. The number of anilines is 1. The largest absolute Gasteiger partial charge is 0.440 e. The van der Waals surface area contributed by atoms with Crippen molar-refractivity contribution < 1.29 is 9.21 Å². The number of nitrogens with zero attached hydrogens (tertiary/aromatic N) is 3. The van der Waals surface area contributed by atoms with Crippen LogP contribution in [-0.4, -0.2) is 20.7 Å². The van der Waals surface area contributed by atoms with Gasteiger partial charge < -0.3 is 9.73 Å². The third-order valence-corrected chi connectivity index (χ3v) is 4.97. The molecule has 1 saturated carbocycles. The van der Waals surface area contributed by atoms with Crippen LogP contribution in [0, 0.1) is 6.92 Å². The standard InChI is InChI=1S/C21H24N4O2/c1-15-12-19(25(24-15)17-10-6-3-7-11-17)23-20(26)13-21-22-14-18(27-21)16-8-4-2-5-9-16/h2,4-5,8-9,12,14,17H,3,6-7,10-11,13H2,1H3,(H,23,26). The van der Waals surface area contributed by atoms with Crippen LogP contribution in [0.1, 0.15) is 49.7 Å². The van der Waals surface area contributed by atoms with Crippen molar-refractivity contribution in [2.24, 2.45) is 0 Å². The van der Waals surface area contributed by atoms with E-state index in [2.05, 4.69) is 15.4 Å². The summed E-state index contributed by atoms with van der Waals surface area (Å²) in [6.07, 6.45) is 7.71. The van der Waals surface area contributed by atoms with Crippen LogP contribution in [0.2, 0.25) is 0 Å². The first-order valence-electron chi connectivity index (χ1n) is 9.55. The van der Waals surface area contributed by atoms with Crippen molar-refractivity contribution in [2.45, 2.75) is 51.5 Å². The second-order valence-corrected chi connectivity index (χ2v) is 7.12. The van der Waals surface area contributed by atoms with E-state index >= 15 is 0 Å². The van der Waals surface area contributed by atoms with E-state index in [1.165, 1.54) is 19.3 Å². The maximum Gasteiger partial charge on any atom is 0.234 e. The highest BCUT2D eigenvalue weighted by atomic mass is 16.4. The Morgan fingerprint density at radius 1 is 1.22 bits per heavy atom. The third kappa shape index (κ3) is 4.10. The number of carbonyl (C=O) groups is 1. The molecule has 0 atom stereocenters. The van der Waals surface area contributed by atoms with Crippen LogP contribution < -0.4 is 5.32 Å². The number of nitrogens with one attached hydrogen (secondary N) is 1. The minimum atomic E-state index is -0.145. The van der Waals surface area contributed by atoms with Gasteiger partial charge in [0, 0.05) is 11.6 Å². The molecule has 3 aromatic rings. The van der Waals surface area contributed by atoms with E-state index in [9.17, 15) is 4.79 Å². The van der Waals surface area contributed by atoms with Gasteiger partial charge in [-0.15, -0.1) is 0 Å². The van der Waals surface area contributed by atoms with Gasteiger partial charge in [0.2, 0.25) is 11.8 Å². The molecule has 1 N–H and O–H groups in total. The van der Waals surface area contributed by atoms with E-state index in [0.717, 1.165) is 29.9 Å². The summed E-state index contributed by atoms with van der Waals surface area (Å²) in [6, 6.07) is 12.0. The molecule has 4 rings (SSSR count). The molecule has 0 unspecified atom stereocenters. The lowest BCUT2D eigenvalue weighted by molar-refractivity contribution is -0.115. The molecule has 0 bridgehead atoms. The Morgan fingerprint density at radius 3 is 2.78 bits per heavy atom. The normalized spacial score (nSPS) is 15.0. The highest BCUT2D eigenvalue weighted by Crippen LogP contribution is 2.30. The highest BCUT2D eigenvalue weighted by molar-refractivity contribution is 5.91. The number of carbonyl (C=O) groups excluding carboxylic acids is 1. The Bertz CT molecular complexity index is 907. The first-order valence-corrected chi connectivity index (χ1v) is 9.55. The summed E-state index contributed by atoms with van der Waals surface area (Å²) in [4.78, 5) is 16.8. The van der Waals surface area contributed by atoms with Crippen molar-refractivity contribution in [3.63, 3.8) is 0 Å². The summed E-state index contributed by atoms with van der Waals surface area (Å²) < 4.78 is 7.72. The molecule has 2 aromatic heterocycles. The van der Waals surface area contributed by atoms with Gasteiger partial charge in [0.15, 0.2) is 5.76 Å². The van der Waals surface area contributed by atoms with Crippen molar-refractivity contribution in [1.82, 2.24) is 14.8 Å². The number of aryl methyl sites for hydroxylation is 1. The predicted molar refractivity (Wildman–Crippen MR) is 103 cm³/mol. The fraction of sp³-hybridized carbons (Fsp3) is 0.381. The summed E-state index contributed by atoms with van der Waals surface area (Å²) in [5, 5.41) is 7.59. The van der Waals surface area contributed by atoms with Crippen LogP contribution >= 0.6 is 0 Å². The molecule has 27 heavy (non-hydrogen) atoms. The Kier molecular flexibility index (Phi) is 5.05. The zero-order chi connectivity index (χ0) is 18.6. The van der Waals surface area contributed by atoms with Gasteiger partial charge in [0.25, 0.3) is 0 Å². The Balaban J connectivity index is 1.44. The molecule has 0 saturated heterocycles. The van der Waals surface area contributed by atoms with Gasteiger partial charge in [-0.3, -0.25) is 4.79 Å². The topological polar surface area (TPSA) is 73.0 Å². The summed E-state index contributed by atoms with van der Waals surface area (Å²) in [7, 11) is 0. The molecule has 140 valence electrons.